The molecule has 2 heterocycles. The van der Waals surface area contributed by atoms with E-state index in [0.29, 0.717) is 26.4 Å². The summed E-state index contributed by atoms with van der Waals surface area (Å²) in [5.41, 5.74) is 1.68. The predicted molar refractivity (Wildman–Crippen MR) is 84.9 cm³/mol. The third-order valence-electron chi connectivity index (χ3n) is 3.02. The molecular weight excluding hydrogens is 363 g/mol. The van der Waals surface area contributed by atoms with E-state index in [1.54, 1.807) is 17.4 Å². The van der Waals surface area contributed by atoms with Crippen LogP contribution in [0.2, 0.25) is 5.15 Å². The van der Waals surface area contributed by atoms with E-state index in [1.165, 1.54) is 11.6 Å². The average molecular weight is 372 g/mol. The zero-order chi connectivity index (χ0) is 14.3. The molecule has 3 aromatic rings. The molecule has 0 N–H and O–H groups in total. The molecule has 0 aliphatic rings. The van der Waals surface area contributed by atoms with Gasteiger partial charge in [-0.25, -0.2) is 14.4 Å². The van der Waals surface area contributed by atoms with Crippen LogP contribution in [0, 0.1) is 5.82 Å². The first kappa shape index (κ1) is 13.9. The van der Waals surface area contributed by atoms with Crippen molar-refractivity contribution in [2.45, 2.75) is 13.3 Å². The number of hydrogen-bond acceptors (Lipinski definition) is 3. The van der Waals surface area contributed by atoms with Crippen LogP contribution in [0.3, 0.4) is 0 Å². The normalized spacial score (nSPS) is 11.2. The Kier molecular flexibility index (Phi) is 3.75. The third kappa shape index (κ3) is 2.34. The van der Waals surface area contributed by atoms with Crippen LogP contribution in [0.1, 0.15) is 12.5 Å². The number of aromatic nitrogens is 2. The highest BCUT2D eigenvalue weighted by Crippen LogP contribution is 2.32. The van der Waals surface area contributed by atoms with Gasteiger partial charge in [0.25, 0.3) is 0 Å². The molecule has 1 aromatic carbocycles. The third-order valence-corrected chi connectivity index (χ3v) is 4.87. The van der Waals surface area contributed by atoms with Crippen LogP contribution in [0.25, 0.3) is 21.6 Å². The van der Waals surface area contributed by atoms with Crippen LogP contribution in [-0.4, -0.2) is 9.97 Å². The molecule has 0 spiro atoms. The largest absolute Gasteiger partial charge is 0.227 e. The number of nitrogens with zero attached hydrogens (tertiary/aromatic N) is 2. The fraction of sp³-hybridized carbons (Fsp3) is 0.143. The smallest absolute Gasteiger partial charge is 0.171 e. The first-order valence-corrected chi connectivity index (χ1v) is 8.04. The SMILES string of the molecule is CCc1ccsc1-c1nc(Cl)c2cc(Br)c(F)cc2n1. The zero-order valence-electron chi connectivity index (χ0n) is 10.5. The van der Waals surface area contributed by atoms with Gasteiger partial charge < -0.3 is 0 Å². The Morgan fingerprint density at radius 1 is 1.35 bits per heavy atom. The Morgan fingerprint density at radius 2 is 2.15 bits per heavy atom. The number of rotatable bonds is 2. The van der Waals surface area contributed by atoms with Crippen molar-refractivity contribution in [3.63, 3.8) is 0 Å². The molecule has 20 heavy (non-hydrogen) atoms. The number of halogens is 3. The Morgan fingerprint density at radius 3 is 2.90 bits per heavy atom. The maximum atomic E-state index is 13.7. The molecule has 0 aliphatic carbocycles. The van der Waals surface area contributed by atoms with Gasteiger partial charge >= 0.3 is 0 Å². The molecule has 2 nitrogen and oxygen atoms in total. The monoisotopic (exact) mass is 370 g/mol. The Bertz CT molecular complexity index is 803. The van der Waals surface area contributed by atoms with Crippen LogP contribution >= 0.6 is 38.9 Å². The molecule has 0 aliphatic heterocycles. The molecule has 0 amide bonds. The second-order valence-corrected chi connectivity index (χ2v) is 6.38. The molecule has 102 valence electrons. The molecular formula is C14H9BrClFN2S. The Balaban J connectivity index is 2.26. The van der Waals surface area contributed by atoms with E-state index in [2.05, 4.69) is 32.8 Å². The quantitative estimate of drug-likeness (QED) is 0.558. The summed E-state index contributed by atoms with van der Waals surface area (Å²) in [6.07, 6.45) is 0.895. The lowest BCUT2D eigenvalue weighted by molar-refractivity contribution is 0.623. The molecule has 0 saturated heterocycles. The Hall–Kier alpha value is -1.04. The summed E-state index contributed by atoms with van der Waals surface area (Å²) in [6, 6.07) is 5.02. The molecule has 2 aromatic heterocycles. The number of aryl methyl sites for hydroxylation is 1. The van der Waals surface area contributed by atoms with Crippen molar-refractivity contribution >= 4 is 49.8 Å². The molecule has 6 heteroatoms. The topological polar surface area (TPSA) is 25.8 Å². The van der Waals surface area contributed by atoms with Crippen molar-refractivity contribution in [2.75, 3.05) is 0 Å². The van der Waals surface area contributed by atoms with Gasteiger partial charge in [0.05, 0.1) is 14.9 Å². The Labute approximate surface area is 132 Å². The maximum Gasteiger partial charge on any atom is 0.171 e. The van der Waals surface area contributed by atoms with E-state index in [-0.39, 0.29) is 5.82 Å². The fourth-order valence-corrected chi connectivity index (χ4v) is 3.50. The molecule has 0 atom stereocenters. The molecule has 0 bridgehead atoms. The standard InChI is InChI=1S/C14H9BrClFN2S/c1-2-7-3-4-20-12(7)14-18-11-6-10(17)9(15)5-8(11)13(16)19-14/h3-6H,2H2,1H3. The summed E-state index contributed by atoms with van der Waals surface area (Å²) >= 11 is 10.9. The van der Waals surface area contributed by atoms with E-state index in [9.17, 15) is 4.39 Å². The number of benzene rings is 1. The van der Waals surface area contributed by atoms with Gasteiger partial charge in [-0.1, -0.05) is 18.5 Å². The highest BCUT2D eigenvalue weighted by Gasteiger charge is 2.14. The van der Waals surface area contributed by atoms with Crippen LogP contribution in [0.4, 0.5) is 4.39 Å². The van der Waals surface area contributed by atoms with Gasteiger partial charge in [-0.15, -0.1) is 11.3 Å². The minimum atomic E-state index is -0.361. The van der Waals surface area contributed by atoms with Gasteiger partial charge in [0.15, 0.2) is 5.82 Å². The van der Waals surface area contributed by atoms with Crippen LogP contribution < -0.4 is 0 Å². The second kappa shape index (κ2) is 5.39. The van der Waals surface area contributed by atoms with E-state index in [4.69, 9.17) is 11.6 Å². The minimum Gasteiger partial charge on any atom is -0.227 e. The lowest BCUT2D eigenvalue weighted by atomic mass is 10.2. The minimum absolute atomic E-state index is 0.334. The van der Waals surface area contributed by atoms with Gasteiger partial charge in [-0.05, 0) is 45.4 Å². The van der Waals surface area contributed by atoms with Gasteiger partial charge in [0.2, 0.25) is 0 Å². The summed E-state index contributed by atoms with van der Waals surface area (Å²) in [5.74, 6) is 0.191. The van der Waals surface area contributed by atoms with Crippen molar-refractivity contribution in [3.05, 3.63) is 44.6 Å². The summed E-state index contributed by atoms with van der Waals surface area (Å²) in [5, 5.41) is 2.97. The van der Waals surface area contributed by atoms with Gasteiger partial charge in [0.1, 0.15) is 11.0 Å². The van der Waals surface area contributed by atoms with Crippen molar-refractivity contribution in [3.8, 4) is 10.7 Å². The van der Waals surface area contributed by atoms with Crippen LogP contribution in [0.15, 0.2) is 28.1 Å². The molecule has 3 rings (SSSR count). The number of hydrogen-bond donors (Lipinski definition) is 0. The lowest BCUT2D eigenvalue weighted by Gasteiger charge is -2.06. The van der Waals surface area contributed by atoms with Crippen molar-refractivity contribution in [1.82, 2.24) is 9.97 Å². The molecule has 0 unspecified atom stereocenters. The zero-order valence-corrected chi connectivity index (χ0v) is 13.6. The first-order valence-electron chi connectivity index (χ1n) is 5.99. The van der Waals surface area contributed by atoms with Gasteiger partial charge in [0, 0.05) is 11.5 Å². The van der Waals surface area contributed by atoms with Crippen molar-refractivity contribution in [1.29, 1.82) is 0 Å². The summed E-state index contributed by atoms with van der Waals surface area (Å²) in [4.78, 5) is 9.77. The number of fused-ring (bicyclic) bond motifs is 1. The average Bonchev–Trinajstić information content (AvgIpc) is 2.89. The van der Waals surface area contributed by atoms with Crippen molar-refractivity contribution in [2.24, 2.45) is 0 Å². The first-order chi connectivity index (χ1) is 9.60. The summed E-state index contributed by atoms with van der Waals surface area (Å²) < 4.78 is 14.0. The second-order valence-electron chi connectivity index (χ2n) is 4.25. The summed E-state index contributed by atoms with van der Waals surface area (Å²) in [6.45, 7) is 2.07. The van der Waals surface area contributed by atoms with E-state index in [1.807, 2.05) is 11.4 Å². The van der Waals surface area contributed by atoms with Crippen LogP contribution in [-0.2, 0) is 6.42 Å². The highest BCUT2D eigenvalue weighted by molar-refractivity contribution is 9.10. The number of thiophene rings is 1. The summed E-state index contributed by atoms with van der Waals surface area (Å²) in [7, 11) is 0. The van der Waals surface area contributed by atoms with E-state index in [0.717, 1.165) is 11.3 Å². The van der Waals surface area contributed by atoms with Gasteiger partial charge in [-0.3, -0.25) is 0 Å². The predicted octanol–water partition coefficient (Wildman–Crippen LogP) is 5.48. The molecule has 0 fully saturated rings. The molecule has 0 saturated carbocycles. The highest BCUT2D eigenvalue weighted by atomic mass is 79.9. The van der Waals surface area contributed by atoms with E-state index < -0.39 is 0 Å². The van der Waals surface area contributed by atoms with E-state index >= 15 is 0 Å². The molecule has 0 radical (unpaired) electrons. The van der Waals surface area contributed by atoms with Crippen molar-refractivity contribution < 1.29 is 4.39 Å². The van der Waals surface area contributed by atoms with Gasteiger partial charge in [-0.2, -0.15) is 0 Å². The van der Waals surface area contributed by atoms with Crippen LogP contribution in [0.5, 0.6) is 0 Å². The lowest BCUT2D eigenvalue weighted by Crippen LogP contribution is -1.93. The maximum absolute atomic E-state index is 13.7. The fourth-order valence-electron chi connectivity index (χ4n) is 2.00.